The molecule has 0 aliphatic rings. The Balaban J connectivity index is 0. The molecule has 0 aromatic heterocycles. The summed E-state index contributed by atoms with van der Waals surface area (Å²) in [5.74, 6) is -3.67. The van der Waals surface area contributed by atoms with Gasteiger partial charge in [-0.2, -0.15) is 0 Å². The summed E-state index contributed by atoms with van der Waals surface area (Å²) in [7, 11) is 0. The van der Waals surface area contributed by atoms with Gasteiger partial charge in [-0.05, 0) is 6.92 Å². The molecule has 0 aromatic rings. The van der Waals surface area contributed by atoms with Gasteiger partial charge in [-0.15, -0.1) is 0 Å². The molecule has 0 radical (unpaired) electrons. The fraction of sp³-hybridized carbons (Fsp3) is 0.500. The Morgan fingerprint density at radius 3 is 1.90 bits per heavy atom. The van der Waals surface area contributed by atoms with E-state index in [4.69, 9.17) is 15.5 Å². The van der Waals surface area contributed by atoms with Crippen LogP contribution in [0.25, 0.3) is 0 Å². The Labute approximate surface area is 56.6 Å². The topological polar surface area (TPSA) is 107 Å². The fourth-order valence-electron chi connectivity index (χ4n) is 0.0356. The van der Waals surface area contributed by atoms with Crippen LogP contribution in [-0.4, -0.2) is 28.8 Å². The highest BCUT2D eigenvalue weighted by Crippen LogP contribution is 1.64. The predicted molar refractivity (Wildman–Crippen MR) is 26.5 cm³/mol. The molecule has 6 nitrogen and oxygen atoms in total. The molecular formula is C4H7O6-. The molecule has 0 bridgehead atoms. The largest absolute Gasteiger partial charge is 0.661 e. The van der Waals surface area contributed by atoms with Crippen LogP contribution in [-0.2, 0) is 14.5 Å². The summed E-state index contributed by atoms with van der Waals surface area (Å²) in [4.78, 5) is 21.2. The van der Waals surface area contributed by atoms with Gasteiger partial charge in [0, 0.05) is 6.61 Å². The van der Waals surface area contributed by atoms with Gasteiger partial charge in [-0.1, -0.05) is 0 Å². The van der Waals surface area contributed by atoms with Crippen LogP contribution in [0.3, 0.4) is 0 Å². The first kappa shape index (κ1) is 11.6. The Morgan fingerprint density at radius 2 is 1.90 bits per heavy atom. The zero-order valence-corrected chi connectivity index (χ0v) is 5.23. The minimum absolute atomic E-state index is 0.250. The summed E-state index contributed by atoms with van der Waals surface area (Å²) in [6.45, 7) is 1.93. The lowest BCUT2D eigenvalue weighted by Crippen LogP contribution is -2.22. The maximum atomic E-state index is 9.38. The highest BCUT2D eigenvalue weighted by molar-refractivity contribution is 6.28. The number of hydrogen-bond acceptors (Lipinski definition) is 5. The third-order valence-electron chi connectivity index (χ3n) is 0.250. The Morgan fingerprint density at radius 1 is 1.60 bits per heavy atom. The van der Waals surface area contributed by atoms with Crippen molar-refractivity contribution in [3.63, 3.8) is 0 Å². The number of rotatable bonds is 0. The summed E-state index contributed by atoms with van der Waals surface area (Å²) in [6, 6.07) is 0. The van der Waals surface area contributed by atoms with Gasteiger partial charge in [0.05, 0.1) is 0 Å². The van der Waals surface area contributed by atoms with Gasteiger partial charge in [-0.25, -0.2) is 9.59 Å². The van der Waals surface area contributed by atoms with Crippen molar-refractivity contribution in [2.24, 2.45) is 0 Å². The molecule has 0 spiro atoms. The predicted octanol–water partition coefficient (Wildman–Crippen LogP) is -2.11. The number of aliphatic carboxylic acids is 1. The first-order chi connectivity index (χ1) is 4.59. The first-order valence-electron chi connectivity index (χ1n) is 2.28. The van der Waals surface area contributed by atoms with Crippen LogP contribution in [0.1, 0.15) is 6.92 Å². The lowest BCUT2D eigenvalue weighted by atomic mass is 10.7. The third-order valence-corrected chi connectivity index (χ3v) is 0.250. The SMILES string of the molecule is CCO.O=C(O)C(=O)O[O-]. The summed E-state index contributed by atoms with van der Waals surface area (Å²) in [5.41, 5.74) is 0. The lowest BCUT2D eigenvalue weighted by Gasteiger charge is -1.98. The van der Waals surface area contributed by atoms with Crippen molar-refractivity contribution in [2.75, 3.05) is 6.61 Å². The molecule has 0 fully saturated rings. The number of aliphatic hydroxyl groups excluding tert-OH is 1. The van der Waals surface area contributed by atoms with E-state index >= 15 is 0 Å². The van der Waals surface area contributed by atoms with Crippen molar-refractivity contribution >= 4 is 11.9 Å². The van der Waals surface area contributed by atoms with Crippen molar-refractivity contribution < 1.29 is 29.9 Å². The van der Waals surface area contributed by atoms with Gasteiger partial charge < -0.3 is 20.4 Å². The quantitative estimate of drug-likeness (QED) is 0.233. The summed E-state index contributed by atoms with van der Waals surface area (Å²) in [5, 5.41) is 23.9. The van der Waals surface area contributed by atoms with Crippen molar-refractivity contribution in [3.8, 4) is 0 Å². The molecule has 0 aliphatic carbocycles. The highest BCUT2D eigenvalue weighted by Gasteiger charge is 2.06. The molecule has 0 saturated heterocycles. The van der Waals surface area contributed by atoms with Gasteiger partial charge >= 0.3 is 11.9 Å². The van der Waals surface area contributed by atoms with Crippen molar-refractivity contribution in [2.45, 2.75) is 6.92 Å². The zero-order chi connectivity index (χ0) is 8.57. The van der Waals surface area contributed by atoms with Crippen molar-refractivity contribution in [1.82, 2.24) is 0 Å². The van der Waals surface area contributed by atoms with E-state index in [-0.39, 0.29) is 6.61 Å². The second-order valence-electron chi connectivity index (χ2n) is 0.992. The average Bonchev–Trinajstić information content (AvgIpc) is 1.88. The molecule has 0 rings (SSSR count). The summed E-state index contributed by atoms with van der Waals surface area (Å²) in [6.07, 6.45) is 0. The standard InChI is InChI=1S/C2H2O5.C2H6O/c3-1(4)2(5)7-6;1-2-3/h6H,(H,3,4);3H,2H2,1H3/p-1. The van der Waals surface area contributed by atoms with Crippen molar-refractivity contribution in [3.05, 3.63) is 0 Å². The maximum absolute atomic E-state index is 9.38. The molecule has 0 heterocycles. The van der Waals surface area contributed by atoms with Crippen molar-refractivity contribution in [1.29, 1.82) is 0 Å². The van der Waals surface area contributed by atoms with Crippen LogP contribution < -0.4 is 5.26 Å². The van der Waals surface area contributed by atoms with Crippen LogP contribution in [0.5, 0.6) is 0 Å². The van der Waals surface area contributed by atoms with Gasteiger partial charge in [0.1, 0.15) is 0 Å². The second kappa shape index (κ2) is 7.86. The summed E-state index contributed by atoms with van der Waals surface area (Å²) >= 11 is 0. The average molecular weight is 151 g/mol. The first-order valence-corrected chi connectivity index (χ1v) is 2.28. The molecule has 0 saturated carbocycles. The van der Waals surface area contributed by atoms with Crippen LogP contribution in [0, 0.1) is 0 Å². The molecule has 0 aliphatic heterocycles. The van der Waals surface area contributed by atoms with Gasteiger partial charge in [0.2, 0.25) is 0 Å². The summed E-state index contributed by atoms with van der Waals surface area (Å²) < 4.78 is 0. The smallest absolute Gasteiger partial charge is 0.414 e. The number of carbonyl (C=O) groups is 2. The molecule has 0 aromatic carbocycles. The van der Waals surface area contributed by atoms with E-state index in [9.17, 15) is 9.59 Å². The maximum Gasteiger partial charge on any atom is 0.414 e. The molecule has 0 amide bonds. The minimum atomic E-state index is -1.88. The number of carboxylic acids is 1. The molecule has 60 valence electrons. The molecule has 0 unspecified atom stereocenters. The fourth-order valence-corrected chi connectivity index (χ4v) is 0.0356. The number of hydrogen-bond donors (Lipinski definition) is 2. The Bertz CT molecular complexity index is 108. The van der Waals surface area contributed by atoms with Crippen LogP contribution >= 0.6 is 0 Å². The van der Waals surface area contributed by atoms with Crippen LogP contribution in [0.15, 0.2) is 0 Å². The molecular weight excluding hydrogens is 144 g/mol. The van der Waals surface area contributed by atoms with E-state index in [2.05, 4.69) is 4.89 Å². The van der Waals surface area contributed by atoms with Gasteiger partial charge in [0.25, 0.3) is 0 Å². The lowest BCUT2D eigenvalue weighted by molar-refractivity contribution is -0.655. The second-order valence-corrected chi connectivity index (χ2v) is 0.992. The number of carboxylic acid groups (broad SMARTS) is 1. The van der Waals surface area contributed by atoms with E-state index in [1.807, 2.05) is 0 Å². The third kappa shape index (κ3) is 9.97. The van der Waals surface area contributed by atoms with E-state index in [1.54, 1.807) is 6.92 Å². The minimum Gasteiger partial charge on any atom is -0.661 e. The van der Waals surface area contributed by atoms with Crippen LogP contribution in [0.4, 0.5) is 0 Å². The number of carbonyl (C=O) groups excluding carboxylic acids is 1. The van der Waals surface area contributed by atoms with Gasteiger partial charge in [-0.3, -0.25) is 0 Å². The monoisotopic (exact) mass is 151 g/mol. The Hall–Kier alpha value is -1.14. The van der Waals surface area contributed by atoms with E-state index in [1.165, 1.54) is 0 Å². The highest BCUT2D eigenvalue weighted by atomic mass is 17.1. The van der Waals surface area contributed by atoms with E-state index in [0.717, 1.165) is 0 Å². The van der Waals surface area contributed by atoms with E-state index in [0.29, 0.717) is 0 Å². The zero-order valence-electron chi connectivity index (χ0n) is 5.23. The van der Waals surface area contributed by atoms with E-state index < -0.39 is 11.9 Å². The molecule has 0 atom stereocenters. The van der Waals surface area contributed by atoms with Gasteiger partial charge in [0.15, 0.2) is 0 Å². The normalized spacial score (nSPS) is 7.10. The molecule has 10 heavy (non-hydrogen) atoms. The molecule has 6 heteroatoms. The Kier molecular flexibility index (Phi) is 9.14. The number of aliphatic hydroxyl groups is 1. The van der Waals surface area contributed by atoms with Crippen LogP contribution in [0.2, 0.25) is 0 Å². The molecule has 2 N–H and O–H groups in total.